The number of furan rings is 1. The number of nitrogens with zero attached hydrogens (tertiary/aromatic N) is 3. The van der Waals surface area contributed by atoms with Gasteiger partial charge in [-0.1, -0.05) is 182 Å². The highest BCUT2D eigenvalue weighted by Gasteiger charge is 2.23. The second-order valence-corrected chi connectivity index (χ2v) is 17.3. The van der Waals surface area contributed by atoms with E-state index in [1.54, 1.807) is 0 Å². The zero-order valence-electron chi connectivity index (χ0n) is 35.6. The molecule has 3 heterocycles. The lowest BCUT2D eigenvalue weighted by Gasteiger charge is -2.17. The van der Waals surface area contributed by atoms with Crippen molar-refractivity contribution in [2.45, 2.75) is 0 Å². The van der Waals surface area contributed by atoms with E-state index in [1.165, 1.54) is 43.3 Å². The summed E-state index contributed by atoms with van der Waals surface area (Å²) in [4.78, 5) is 11.4. The molecule has 0 unspecified atom stereocenters. The quantitative estimate of drug-likeness (QED) is 0.162. The van der Waals surface area contributed by atoms with Crippen molar-refractivity contribution in [3.05, 3.63) is 224 Å². The van der Waals surface area contributed by atoms with Crippen LogP contribution in [0.25, 0.3) is 138 Å². The molecule has 0 aliphatic rings. The molecule has 14 rings (SSSR count). The third-order valence-electron chi connectivity index (χ3n) is 13.5. The van der Waals surface area contributed by atoms with Crippen LogP contribution in [0.3, 0.4) is 0 Å². The maximum Gasteiger partial charge on any atom is 0.165 e. The van der Waals surface area contributed by atoms with Gasteiger partial charge < -0.3 is 4.42 Å². The van der Waals surface area contributed by atoms with Crippen LogP contribution < -0.4 is 0 Å². The molecule has 0 aliphatic carbocycles. The van der Waals surface area contributed by atoms with E-state index in [0.29, 0.717) is 0 Å². The van der Waals surface area contributed by atoms with Crippen LogP contribution in [0.4, 0.5) is 0 Å². The van der Waals surface area contributed by atoms with E-state index < -0.39 is 0 Å². The summed E-state index contributed by atoms with van der Waals surface area (Å²) in [6, 6.07) is 80.3. The number of hydrogen-bond donors (Lipinski definition) is 0. The highest BCUT2D eigenvalue weighted by Crippen LogP contribution is 2.44. The van der Waals surface area contributed by atoms with Gasteiger partial charge in [-0.05, 0) is 103 Å². The smallest absolute Gasteiger partial charge is 0.165 e. The van der Waals surface area contributed by atoms with Crippen molar-refractivity contribution in [1.82, 2.24) is 14.5 Å². The predicted octanol–water partition coefficient (Wildman–Crippen LogP) is 16.8. The summed E-state index contributed by atoms with van der Waals surface area (Å²) in [5.41, 5.74) is 13.8. The molecule has 0 bridgehead atoms. The molecule has 0 spiro atoms. The Morgan fingerprint density at radius 1 is 0.318 bits per heavy atom. The molecule has 0 N–H and O–H groups in total. The third-order valence-corrected chi connectivity index (χ3v) is 13.5. The number of hydrogen-bond acceptors (Lipinski definition) is 3. The van der Waals surface area contributed by atoms with Crippen molar-refractivity contribution >= 4 is 87.1 Å². The van der Waals surface area contributed by atoms with Crippen LogP contribution in [0.2, 0.25) is 0 Å². The second-order valence-electron chi connectivity index (χ2n) is 17.3. The summed E-state index contributed by atoms with van der Waals surface area (Å²) in [7, 11) is 0. The fourth-order valence-electron chi connectivity index (χ4n) is 10.5. The average Bonchev–Trinajstić information content (AvgIpc) is 3.92. The Morgan fingerprint density at radius 3 is 1.76 bits per heavy atom. The van der Waals surface area contributed by atoms with Gasteiger partial charge in [0.05, 0.1) is 22.1 Å². The summed E-state index contributed by atoms with van der Waals surface area (Å²) < 4.78 is 9.03. The van der Waals surface area contributed by atoms with Crippen molar-refractivity contribution in [3.63, 3.8) is 0 Å². The first-order valence-corrected chi connectivity index (χ1v) is 22.5. The number of aromatic nitrogens is 3. The average molecular weight is 840 g/mol. The highest BCUT2D eigenvalue weighted by atomic mass is 16.3. The molecule has 14 aromatic rings. The van der Waals surface area contributed by atoms with Crippen LogP contribution in [0.5, 0.6) is 0 Å². The van der Waals surface area contributed by atoms with Gasteiger partial charge in [-0.3, -0.25) is 4.57 Å². The number of para-hydroxylation sites is 2. The van der Waals surface area contributed by atoms with Crippen molar-refractivity contribution in [2.24, 2.45) is 0 Å². The van der Waals surface area contributed by atoms with Gasteiger partial charge in [-0.2, -0.15) is 0 Å². The van der Waals surface area contributed by atoms with E-state index in [-0.39, 0.29) is 0 Å². The molecule has 0 atom stereocenters. The first kappa shape index (κ1) is 36.6. The molecule has 3 aromatic heterocycles. The third kappa shape index (κ3) is 5.58. The van der Waals surface area contributed by atoms with Crippen LogP contribution >= 0.6 is 0 Å². The molecule has 0 amide bonds. The van der Waals surface area contributed by atoms with Crippen molar-refractivity contribution in [3.8, 4) is 50.5 Å². The highest BCUT2D eigenvalue weighted by molar-refractivity contribution is 6.18. The minimum absolute atomic E-state index is 0.774. The maximum atomic E-state index is 6.66. The predicted molar refractivity (Wildman–Crippen MR) is 275 cm³/mol. The lowest BCUT2D eigenvalue weighted by atomic mass is 9.92. The van der Waals surface area contributed by atoms with E-state index in [9.17, 15) is 0 Å². The Kier molecular flexibility index (Phi) is 7.95. The van der Waals surface area contributed by atoms with E-state index in [2.05, 4.69) is 217 Å². The molecule has 0 radical (unpaired) electrons. The molecule has 11 aromatic carbocycles. The Hall–Kier alpha value is -8.86. The normalized spacial score (nSPS) is 11.9. The molecule has 0 saturated heterocycles. The molecular weight excluding hydrogens is 803 g/mol. The minimum Gasteiger partial charge on any atom is -0.455 e. The summed E-state index contributed by atoms with van der Waals surface area (Å²) >= 11 is 0. The van der Waals surface area contributed by atoms with Gasteiger partial charge in [-0.15, -0.1) is 0 Å². The van der Waals surface area contributed by atoms with Crippen LogP contribution in [-0.2, 0) is 0 Å². The van der Waals surface area contributed by atoms with Crippen molar-refractivity contribution < 1.29 is 4.42 Å². The first-order valence-electron chi connectivity index (χ1n) is 22.5. The lowest BCUT2D eigenvalue weighted by Crippen LogP contribution is -2.04. The zero-order chi connectivity index (χ0) is 43.3. The molecule has 306 valence electrons. The van der Waals surface area contributed by atoms with Gasteiger partial charge in [0.25, 0.3) is 0 Å². The van der Waals surface area contributed by atoms with Crippen LogP contribution in [0.1, 0.15) is 0 Å². The van der Waals surface area contributed by atoms with E-state index in [1.807, 2.05) is 12.1 Å². The van der Waals surface area contributed by atoms with Gasteiger partial charge in [0.2, 0.25) is 0 Å². The Morgan fingerprint density at radius 2 is 0.939 bits per heavy atom. The number of fused-ring (bicyclic) bond motifs is 11. The molecule has 4 nitrogen and oxygen atoms in total. The Labute approximate surface area is 379 Å². The fourth-order valence-corrected chi connectivity index (χ4v) is 10.5. The number of rotatable bonds is 5. The minimum atomic E-state index is 0.774. The molecule has 4 heteroatoms. The standard InChI is InChI=1S/C62H37N3O/c1-3-16-38(17-4-1)52-36-56-55(37-53(52)50-28-15-27-49-48-26-13-14-29-59(48)66-61(49)50)63-60(39-18-5-2-6-19-39)62(64-56)65-57-35-43(30-31-47(57)54-32-40-20-7-8-21-41(40)34-58(54)65)51-33-42-22-9-10-23-44(42)45-24-11-12-25-46(45)51/h1-37H. The van der Waals surface area contributed by atoms with Crippen LogP contribution in [0.15, 0.2) is 229 Å². The zero-order valence-corrected chi connectivity index (χ0v) is 35.6. The largest absolute Gasteiger partial charge is 0.455 e. The summed E-state index contributed by atoms with van der Waals surface area (Å²) in [6.07, 6.45) is 0. The fraction of sp³-hybridized carbons (Fsp3) is 0. The Balaban J connectivity index is 1.09. The molecule has 0 aliphatic heterocycles. The maximum absolute atomic E-state index is 6.66. The molecular formula is C62H37N3O. The second kappa shape index (κ2) is 14.3. The molecule has 0 fully saturated rings. The van der Waals surface area contributed by atoms with Gasteiger partial charge in [0.1, 0.15) is 16.9 Å². The summed E-state index contributed by atoms with van der Waals surface area (Å²) in [5, 5.41) is 11.8. The van der Waals surface area contributed by atoms with Crippen LogP contribution in [0, 0.1) is 0 Å². The van der Waals surface area contributed by atoms with Crippen molar-refractivity contribution in [1.29, 1.82) is 0 Å². The number of benzene rings is 11. The Bertz CT molecular complexity index is 4280. The van der Waals surface area contributed by atoms with Gasteiger partial charge in [-0.25, -0.2) is 9.97 Å². The first-order chi connectivity index (χ1) is 32.7. The van der Waals surface area contributed by atoms with Crippen LogP contribution in [-0.4, -0.2) is 14.5 Å². The van der Waals surface area contributed by atoms with Gasteiger partial charge in [0.15, 0.2) is 5.82 Å². The molecule has 66 heavy (non-hydrogen) atoms. The van der Waals surface area contributed by atoms with Gasteiger partial charge >= 0.3 is 0 Å². The van der Waals surface area contributed by atoms with Crippen molar-refractivity contribution in [2.75, 3.05) is 0 Å². The van der Waals surface area contributed by atoms with E-state index in [0.717, 1.165) is 94.3 Å². The molecule has 0 saturated carbocycles. The topological polar surface area (TPSA) is 43.9 Å². The lowest BCUT2D eigenvalue weighted by molar-refractivity contribution is 0.670. The van der Waals surface area contributed by atoms with E-state index >= 15 is 0 Å². The summed E-state index contributed by atoms with van der Waals surface area (Å²) in [6.45, 7) is 0. The summed E-state index contributed by atoms with van der Waals surface area (Å²) in [5.74, 6) is 0.774. The van der Waals surface area contributed by atoms with E-state index in [4.69, 9.17) is 14.4 Å². The monoisotopic (exact) mass is 839 g/mol. The van der Waals surface area contributed by atoms with Gasteiger partial charge in [0, 0.05) is 32.7 Å². The SMILES string of the molecule is c1ccc(-c2cc3nc(-n4c5cc(-c6cc7ccccc7c7ccccc67)ccc5c5cc6ccccc6cc54)c(-c4ccccc4)nc3cc2-c2cccc3c2oc2ccccc23)cc1.